The van der Waals surface area contributed by atoms with Gasteiger partial charge in [0, 0.05) is 6.04 Å². The summed E-state index contributed by atoms with van der Waals surface area (Å²) < 4.78 is 0. The summed E-state index contributed by atoms with van der Waals surface area (Å²) in [5.74, 6) is 1.56. The second kappa shape index (κ2) is 4.59. The van der Waals surface area contributed by atoms with Crippen molar-refractivity contribution < 1.29 is 0 Å². The highest BCUT2D eigenvalue weighted by atomic mass is 15.0. The molecule has 0 aromatic heterocycles. The lowest BCUT2D eigenvalue weighted by molar-refractivity contribution is -0.0515. The molecule has 0 amide bonds. The molecule has 0 aliphatic heterocycles. The molecule has 1 aromatic carbocycles. The lowest BCUT2D eigenvalue weighted by Crippen LogP contribution is -2.66. The predicted octanol–water partition coefficient (Wildman–Crippen LogP) is 4.48. The molecule has 2 aliphatic carbocycles. The Kier molecular flexibility index (Phi) is 3.25. The maximum absolute atomic E-state index is 3.79. The molecule has 1 fully saturated rings. The second-order valence-corrected chi connectivity index (χ2v) is 7.71. The lowest BCUT2D eigenvalue weighted by Gasteiger charge is -2.65. The van der Waals surface area contributed by atoms with Gasteiger partial charge in [0.2, 0.25) is 0 Å². The van der Waals surface area contributed by atoms with Crippen molar-refractivity contribution in [1.82, 2.24) is 5.32 Å². The Morgan fingerprint density at radius 1 is 1.15 bits per heavy atom. The molecule has 1 N–H and O–H groups in total. The first-order valence-corrected chi connectivity index (χ1v) is 8.28. The topological polar surface area (TPSA) is 12.0 Å². The molecule has 3 rings (SSSR count). The van der Waals surface area contributed by atoms with Crippen molar-refractivity contribution in [2.24, 2.45) is 11.3 Å². The van der Waals surface area contributed by atoms with Crippen molar-refractivity contribution in [2.75, 3.05) is 6.54 Å². The first-order valence-electron chi connectivity index (χ1n) is 8.28. The monoisotopic (exact) mass is 271 g/mol. The molecule has 1 aromatic rings. The predicted molar refractivity (Wildman–Crippen MR) is 86.2 cm³/mol. The van der Waals surface area contributed by atoms with E-state index in [0.29, 0.717) is 16.9 Å². The fourth-order valence-corrected chi connectivity index (χ4v) is 5.20. The molecule has 4 atom stereocenters. The standard InChI is InChI=1S/C19H29N/c1-6-19(5)16-13-10-8-9-11-15(13)18(3,4)12-14(16)17(19)20-7-2/h8-11,14,16-17,20H,6-7,12H2,1-5H3. The van der Waals surface area contributed by atoms with Crippen molar-refractivity contribution in [2.45, 2.75) is 64.8 Å². The van der Waals surface area contributed by atoms with Crippen molar-refractivity contribution in [3.63, 3.8) is 0 Å². The van der Waals surface area contributed by atoms with E-state index in [1.54, 1.807) is 11.1 Å². The van der Waals surface area contributed by atoms with Gasteiger partial charge in [-0.05, 0) is 53.2 Å². The largest absolute Gasteiger partial charge is 0.313 e. The van der Waals surface area contributed by atoms with Crippen LogP contribution >= 0.6 is 0 Å². The van der Waals surface area contributed by atoms with E-state index in [0.717, 1.165) is 18.4 Å². The second-order valence-electron chi connectivity index (χ2n) is 7.71. The number of hydrogen-bond donors (Lipinski definition) is 1. The molecule has 20 heavy (non-hydrogen) atoms. The zero-order chi connectivity index (χ0) is 14.5. The van der Waals surface area contributed by atoms with Gasteiger partial charge in [-0.15, -0.1) is 0 Å². The van der Waals surface area contributed by atoms with E-state index >= 15 is 0 Å². The van der Waals surface area contributed by atoms with Crippen molar-refractivity contribution in [1.29, 1.82) is 0 Å². The molecule has 110 valence electrons. The minimum absolute atomic E-state index is 0.320. The van der Waals surface area contributed by atoms with Crippen LogP contribution in [0.3, 0.4) is 0 Å². The third-order valence-electron chi connectivity index (χ3n) is 6.23. The average Bonchev–Trinajstić information content (AvgIpc) is 2.43. The molecular formula is C19H29N. The summed E-state index contributed by atoms with van der Waals surface area (Å²) in [6.07, 6.45) is 2.59. The Morgan fingerprint density at radius 3 is 2.50 bits per heavy atom. The van der Waals surface area contributed by atoms with Crippen molar-refractivity contribution in [3.05, 3.63) is 35.4 Å². The van der Waals surface area contributed by atoms with Gasteiger partial charge in [0.25, 0.3) is 0 Å². The summed E-state index contributed by atoms with van der Waals surface area (Å²) in [5.41, 5.74) is 3.97. The highest BCUT2D eigenvalue weighted by molar-refractivity contribution is 5.44. The fourth-order valence-electron chi connectivity index (χ4n) is 5.20. The van der Waals surface area contributed by atoms with Crippen molar-refractivity contribution in [3.8, 4) is 0 Å². The summed E-state index contributed by atoms with van der Waals surface area (Å²) in [6, 6.07) is 9.89. The van der Waals surface area contributed by atoms with E-state index in [-0.39, 0.29) is 0 Å². The molecule has 4 unspecified atom stereocenters. The van der Waals surface area contributed by atoms with E-state index in [4.69, 9.17) is 0 Å². The smallest absolute Gasteiger partial charge is 0.0161 e. The Morgan fingerprint density at radius 2 is 1.85 bits per heavy atom. The maximum atomic E-state index is 3.79. The van der Waals surface area contributed by atoms with Gasteiger partial charge < -0.3 is 5.32 Å². The summed E-state index contributed by atoms with van der Waals surface area (Å²) in [6.45, 7) is 13.0. The third kappa shape index (κ3) is 1.72. The third-order valence-corrected chi connectivity index (χ3v) is 6.23. The van der Waals surface area contributed by atoms with Gasteiger partial charge in [-0.1, -0.05) is 58.9 Å². The zero-order valence-electron chi connectivity index (χ0n) is 13.7. The Labute approximate surface area is 124 Å². The molecule has 0 bridgehead atoms. The van der Waals surface area contributed by atoms with Gasteiger partial charge in [-0.25, -0.2) is 0 Å². The summed E-state index contributed by atoms with van der Waals surface area (Å²) >= 11 is 0. The first kappa shape index (κ1) is 14.1. The normalized spacial score (nSPS) is 37.8. The number of nitrogens with one attached hydrogen (secondary N) is 1. The van der Waals surface area contributed by atoms with E-state index in [9.17, 15) is 0 Å². The number of fused-ring (bicyclic) bond motifs is 3. The van der Waals surface area contributed by atoms with Crippen LogP contribution in [0.5, 0.6) is 0 Å². The van der Waals surface area contributed by atoms with Crippen LogP contribution in [-0.2, 0) is 5.41 Å². The van der Waals surface area contributed by atoms with E-state index in [2.05, 4.69) is 64.2 Å². The van der Waals surface area contributed by atoms with Gasteiger partial charge in [0.05, 0.1) is 0 Å². The first-order chi connectivity index (χ1) is 9.45. The minimum atomic E-state index is 0.320. The van der Waals surface area contributed by atoms with E-state index in [1.165, 1.54) is 12.8 Å². The highest BCUT2D eigenvalue weighted by Gasteiger charge is 2.61. The SMILES string of the molecule is CCNC1C2CC(C)(C)c3ccccc3C2C1(C)CC. The van der Waals surface area contributed by atoms with Crippen LogP contribution in [0.4, 0.5) is 0 Å². The van der Waals surface area contributed by atoms with Crippen molar-refractivity contribution >= 4 is 0 Å². The fraction of sp³-hybridized carbons (Fsp3) is 0.684. The van der Waals surface area contributed by atoms with Crippen LogP contribution < -0.4 is 5.32 Å². The number of hydrogen-bond acceptors (Lipinski definition) is 1. The van der Waals surface area contributed by atoms with Gasteiger partial charge in [0.1, 0.15) is 0 Å². The van der Waals surface area contributed by atoms with Gasteiger partial charge in [-0.3, -0.25) is 0 Å². The molecule has 1 nitrogen and oxygen atoms in total. The quantitative estimate of drug-likeness (QED) is 0.855. The highest BCUT2D eigenvalue weighted by Crippen LogP contribution is 2.65. The average molecular weight is 271 g/mol. The molecule has 0 spiro atoms. The maximum Gasteiger partial charge on any atom is 0.0161 e. The number of rotatable bonds is 3. The summed E-state index contributed by atoms with van der Waals surface area (Å²) in [5, 5.41) is 3.79. The molecule has 1 saturated carbocycles. The van der Waals surface area contributed by atoms with Crippen LogP contribution in [0.1, 0.15) is 64.5 Å². The Balaban J connectivity index is 2.07. The van der Waals surface area contributed by atoms with Crippen LogP contribution in [0.25, 0.3) is 0 Å². The molecule has 0 saturated heterocycles. The Bertz CT molecular complexity index is 504. The Hall–Kier alpha value is -0.820. The lowest BCUT2D eigenvalue weighted by atomic mass is 9.42. The molecular weight excluding hydrogens is 242 g/mol. The molecule has 0 radical (unpaired) electrons. The van der Waals surface area contributed by atoms with Gasteiger partial charge in [0.15, 0.2) is 0 Å². The van der Waals surface area contributed by atoms with Crippen LogP contribution in [0.15, 0.2) is 24.3 Å². The summed E-state index contributed by atoms with van der Waals surface area (Å²) in [7, 11) is 0. The van der Waals surface area contributed by atoms with E-state index < -0.39 is 0 Å². The summed E-state index contributed by atoms with van der Waals surface area (Å²) in [4.78, 5) is 0. The van der Waals surface area contributed by atoms with E-state index in [1.807, 2.05) is 0 Å². The molecule has 1 heteroatoms. The minimum Gasteiger partial charge on any atom is -0.313 e. The van der Waals surface area contributed by atoms with Gasteiger partial charge >= 0.3 is 0 Å². The van der Waals surface area contributed by atoms with Crippen LogP contribution in [0, 0.1) is 11.3 Å². The zero-order valence-corrected chi connectivity index (χ0v) is 13.7. The van der Waals surface area contributed by atoms with Gasteiger partial charge in [-0.2, -0.15) is 0 Å². The van der Waals surface area contributed by atoms with Crippen LogP contribution in [-0.4, -0.2) is 12.6 Å². The molecule has 2 aliphatic rings. The van der Waals surface area contributed by atoms with Crippen LogP contribution in [0.2, 0.25) is 0 Å². The number of benzene rings is 1. The molecule has 0 heterocycles.